The van der Waals surface area contributed by atoms with Crippen LogP contribution in [0.4, 0.5) is 0 Å². The SMILES string of the molecule is O=C(OCCOCCOCCOCCOCCOCCOCCOCCOCCBr)C(=O)c1ccccc1. The van der Waals surface area contributed by atoms with E-state index >= 15 is 0 Å². The van der Waals surface area contributed by atoms with Crippen molar-refractivity contribution in [3.05, 3.63) is 35.9 Å². The third-order valence-electron chi connectivity index (χ3n) is 4.51. The molecule has 0 amide bonds. The first kappa shape index (κ1) is 34.5. The highest BCUT2D eigenvalue weighted by molar-refractivity contribution is 9.09. The quantitative estimate of drug-likeness (QED) is 0.0456. The predicted molar refractivity (Wildman–Crippen MR) is 142 cm³/mol. The van der Waals surface area contributed by atoms with Crippen LogP contribution in [-0.2, 0) is 47.4 Å². The lowest BCUT2D eigenvalue weighted by atomic mass is 10.1. The molecule has 0 aromatic heterocycles. The third kappa shape index (κ3) is 21.5. The highest BCUT2D eigenvalue weighted by Gasteiger charge is 2.17. The molecule has 1 aromatic carbocycles. The molecule has 0 aliphatic heterocycles. The Hall–Kier alpha value is -1.48. The Kier molecular flexibility index (Phi) is 24.6. The van der Waals surface area contributed by atoms with Gasteiger partial charge in [-0.25, -0.2) is 4.79 Å². The molecule has 0 fully saturated rings. The van der Waals surface area contributed by atoms with Crippen LogP contribution < -0.4 is 0 Å². The van der Waals surface area contributed by atoms with E-state index in [0.29, 0.717) is 105 Å². The first-order chi connectivity index (χ1) is 18.8. The van der Waals surface area contributed by atoms with E-state index in [1.54, 1.807) is 30.3 Å². The minimum absolute atomic E-state index is 0.00351. The molecule has 0 heterocycles. The first-order valence-electron chi connectivity index (χ1n) is 12.7. The molecule has 0 atom stereocenters. The molecule has 218 valence electrons. The van der Waals surface area contributed by atoms with Crippen molar-refractivity contribution >= 4 is 27.7 Å². The van der Waals surface area contributed by atoms with Crippen LogP contribution in [0.5, 0.6) is 0 Å². The minimum Gasteiger partial charge on any atom is -0.457 e. The van der Waals surface area contributed by atoms with Crippen molar-refractivity contribution in [2.45, 2.75) is 0 Å². The van der Waals surface area contributed by atoms with Gasteiger partial charge >= 0.3 is 5.97 Å². The minimum atomic E-state index is -0.893. The van der Waals surface area contributed by atoms with Crippen LogP contribution >= 0.6 is 15.9 Å². The Morgan fingerprint density at radius 3 is 1.13 bits per heavy atom. The molecule has 0 saturated carbocycles. The number of halogens is 1. The summed E-state index contributed by atoms with van der Waals surface area (Å²) in [5.41, 5.74) is 0.299. The summed E-state index contributed by atoms with van der Waals surface area (Å²) in [6.45, 7) is 7.68. The molecule has 0 aliphatic rings. The number of ether oxygens (including phenoxy) is 9. The normalized spacial score (nSPS) is 11.1. The number of esters is 1. The number of benzene rings is 1. The van der Waals surface area contributed by atoms with Crippen LogP contribution in [0.1, 0.15) is 10.4 Å². The first-order valence-corrected chi connectivity index (χ1v) is 13.8. The average Bonchev–Trinajstić information content (AvgIpc) is 2.94. The maximum atomic E-state index is 11.8. The fourth-order valence-electron chi connectivity index (χ4n) is 2.66. The number of hydrogen-bond acceptors (Lipinski definition) is 11. The van der Waals surface area contributed by atoms with E-state index in [1.807, 2.05) is 0 Å². The van der Waals surface area contributed by atoms with Crippen molar-refractivity contribution < 1.29 is 52.2 Å². The summed E-state index contributed by atoms with van der Waals surface area (Å²) in [5, 5.41) is 0.830. The second-order valence-corrected chi connectivity index (χ2v) is 8.21. The van der Waals surface area contributed by atoms with Gasteiger partial charge in [-0.15, -0.1) is 0 Å². The standard InChI is InChI=1S/C26H41BrO11/c27-6-7-30-8-9-31-10-11-32-12-13-33-14-15-34-16-17-35-18-19-36-20-21-37-22-23-38-26(29)25(28)24-4-2-1-3-5-24/h1-5H,6-23H2. The van der Waals surface area contributed by atoms with Crippen molar-refractivity contribution in [3.8, 4) is 0 Å². The molecular formula is C26H41BrO11. The number of Topliss-reactive ketones (excluding diaryl/α,β-unsaturated/α-hetero) is 1. The van der Waals surface area contributed by atoms with Gasteiger partial charge in [-0.05, 0) is 0 Å². The van der Waals surface area contributed by atoms with Gasteiger partial charge in [0, 0.05) is 10.9 Å². The maximum Gasteiger partial charge on any atom is 0.379 e. The molecule has 12 heteroatoms. The van der Waals surface area contributed by atoms with Gasteiger partial charge in [0.05, 0.1) is 106 Å². The molecule has 0 unspecified atom stereocenters. The summed E-state index contributed by atoms with van der Waals surface area (Å²) in [6, 6.07) is 8.26. The van der Waals surface area contributed by atoms with E-state index in [0.717, 1.165) is 5.33 Å². The Labute approximate surface area is 233 Å². The zero-order valence-electron chi connectivity index (χ0n) is 22.0. The lowest BCUT2D eigenvalue weighted by molar-refractivity contribution is -0.139. The number of carbonyl (C=O) groups excluding carboxylic acids is 2. The summed E-state index contributed by atoms with van der Waals surface area (Å²) in [4.78, 5) is 23.5. The highest BCUT2D eigenvalue weighted by atomic mass is 79.9. The molecule has 1 aromatic rings. The fourth-order valence-corrected chi connectivity index (χ4v) is 2.89. The lowest BCUT2D eigenvalue weighted by Crippen LogP contribution is -2.20. The number of alkyl halides is 1. The van der Waals surface area contributed by atoms with Gasteiger partial charge in [-0.1, -0.05) is 46.3 Å². The van der Waals surface area contributed by atoms with Gasteiger partial charge in [-0.2, -0.15) is 0 Å². The van der Waals surface area contributed by atoms with Crippen LogP contribution in [0, 0.1) is 0 Å². The predicted octanol–water partition coefficient (Wildman–Crippen LogP) is 1.94. The second-order valence-electron chi connectivity index (χ2n) is 7.42. The van der Waals surface area contributed by atoms with Crippen LogP contribution in [0.25, 0.3) is 0 Å². The molecule has 1 rings (SSSR count). The van der Waals surface area contributed by atoms with Gasteiger partial charge in [0.15, 0.2) is 0 Å². The Morgan fingerprint density at radius 2 is 0.789 bits per heavy atom. The molecule has 11 nitrogen and oxygen atoms in total. The largest absolute Gasteiger partial charge is 0.457 e. The Balaban J connectivity index is 1.71. The van der Waals surface area contributed by atoms with Crippen molar-refractivity contribution in [2.24, 2.45) is 0 Å². The smallest absolute Gasteiger partial charge is 0.379 e. The fraction of sp³-hybridized carbons (Fsp3) is 0.692. The monoisotopic (exact) mass is 608 g/mol. The number of ketones is 1. The van der Waals surface area contributed by atoms with Gasteiger partial charge in [0.25, 0.3) is 5.78 Å². The summed E-state index contributed by atoms with van der Waals surface area (Å²) >= 11 is 3.29. The van der Waals surface area contributed by atoms with Crippen LogP contribution in [0.3, 0.4) is 0 Å². The summed E-state index contributed by atoms with van der Waals surface area (Å²) in [5.74, 6) is -1.56. The van der Waals surface area contributed by atoms with Gasteiger partial charge in [0.1, 0.15) is 6.61 Å². The second kappa shape index (κ2) is 27.1. The third-order valence-corrected chi connectivity index (χ3v) is 4.83. The molecule has 0 radical (unpaired) electrons. The van der Waals surface area contributed by atoms with E-state index in [-0.39, 0.29) is 13.2 Å². The number of rotatable bonds is 28. The van der Waals surface area contributed by atoms with Crippen LogP contribution in [-0.4, -0.2) is 129 Å². The van der Waals surface area contributed by atoms with E-state index in [2.05, 4.69) is 15.9 Å². The molecule has 0 spiro atoms. The van der Waals surface area contributed by atoms with Crippen molar-refractivity contribution in [2.75, 3.05) is 118 Å². The number of hydrogen-bond donors (Lipinski definition) is 0. The summed E-state index contributed by atoms with van der Waals surface area (Å²) in [7, 11) is 0. The molecule has 0 bridgehead atoms. The summed E-state index contributed by atoms with van der Waals surface area (Å²) in [6.07, 6.45) is 0. The van der Waals surface area contributed by atoms with Gasteiger partial charge < -0.3 is 42.6 Å². The van der Waals surface area contributed by atoms with Gasteiger partial charge in [0.2, 0.25) is 0 Å². The van der Waals surface area contributed by atoms with E-state index in [9.17, 15) is 9.59 Å². The van der Waals surface area contributed by atoms with Crippen molar-refractivity contribution in [3.63, 3.8) is 0 Å². The van der Waals surface area contributed by atoms with Crippen molar-refractivity contribution in [1.82, 2.24) is 0 Å². The lowest BCUT2D eigenvalue weighted by Gasteiger charge is -2.08. The van der Waals surface area contributed by atoms with Crippen LogP contribution in [0.2, 0.25) is 0 Å². The Morgan fingerprint density at radius 1 is 0.474 bits per heavy atom. The van der Waals surface area contributed by atoms with Gasteiger partial charge in [-0.3, -0.25) is 4.79 Å². The molecular weight excluding hydrogens is 568 g/mol. The number of carbonyl (C=O) groups is 2. The molecule has 0 aliphatic carbocycles. The zero-order valence-corrected chi connectivity index (χ0v) is 23.6. The summed E-state index contributed by atoms with van der Waals surface area (Å²) < 4.78 is 47.9. The van der Waals surface area contributed by atoms with E-state index in [1.165, 1.54) is 0 Å². The average molecular weight is 610 g/mol. The zero-order chi connectivity index (χ0) is 27.4. The van der Waals surface area contributed by atoms with Crippen molar-refractivity contribution in [1.29, 1.82) is 0 Å². The maximum absolute atomic E-state index is 11.8. The van der Waals surface area contributed by atoms with E-state index < -0.39 is 11.8 Å². The highest BCUT2D eigenvalue weighted by Crippen LogP contribution is 2.01. The molecule has 0 N–H and O–H groups in total. The van der Waals surface area contributed by atoms with Crippen LogP contribution in [0.15, 0.2) is 30.3 Å². The topological polar surface area (TPSA) is 117 Å². The van der Waals surface area contributed by atoms with E-state index in [4.69, 9.17) is 42.6 Å². The Bertz CT molecular complexity index is 678. The molecule has 0 saturated heterocycles. The molecule has 38 heavy (non-hydrogen) atoms.